The van der Waals surface area contributed by atoms with Crippen molar-refractivity contribution in [3.8, 4) is 0 Å². The first-order valence-corrected chi connectivity index (χ1v) is 5.06. The van der Waals surface area contributed by atoms with E-state index in [1.54, 1.807) is 0 Å². The molecule has 0 aliphatic carbocycles. The van der Waals surface area contributed by atoms with Crippen LogP contribution in [-0.2, 0) is 9.53 Å². The highest BCUT2D eigenvalue weighted by molar-refractivity contribution is 5.87. The maximum atomic E-state index is 13.1. The zero-order chi connectivity index (χ0) is 17.4. The zero-order valence-electron chi connectivity index (χ0n) is 10.6. The molecule has 0 aliphatic rings. The topological polar surface area (TPSA) is 46.5 Å². The van der Waals surface area contributed by atoms with E-state index in [-0.39, 0.29) is 0 Å². The van der Waals surface area contributed by atoms with E-state index < -0.39 is 48.4 Å². The number of alkyl halides is 8. The smallest absolute Gasteiger partial charge is 0.384 e. The lowest BCUT2D eigenvalue weighted by Gasteiger charge is -2.36. The minimum Gasteiger partial charge on any atom is -0.426 e. The molecular weight excluding hydrogens is 320 g/mol. The van der Waals surface area contributed by atoms with Crippen molar-refractivity contribution >= 4 is 5.97 Å². The summed E-state index contributed by atoms with van der Waals surface area (Å²) in [5.41, 5.74) is -0.624. The van der Waals surface area contributed by atoms with E-state index in [0.29, 0.717) is 0 Å². The Hall–Kier alpha value is -1.39. The highest BCUT2D eigenvalue weighted by atomic mass is 19.4. The van der Waals surface area contributed by atoms with E-state index in [1.165, 1.54) is 0 Å². The van der Waals surface area contributed by atoms with Gasteiger partial charge in [0.15, 0.2) is 0 Å². The Kier molecular flexibility index (Phi) is 5.07. The number of hydrogen-bond acceptors (Lipinski definition) is 3. The third-order valence-corrected chi connectivity index (χ3v) is 2.24. The maximum Gasteiger partial charge on any atom is 0.384 e. The fourth-order valence-corrected chi connectivity index (χ4v) is 0.916. The summed E-state index contributed by atoms with van der Waals surface area (Å²) < 4.78 is 106. The molecule has 0 aromatic carbocycles. The molecule has 0 fully saturated rings. The summed E-state index contributed by atoms with van der Waals surface area (Å²) in [7, 11) is 0. The Labute approximate surface area is 113 Å². The number of carbonyl (C=O) groups is 1. The molecule has 0 bridgehead atoms. The second-order valence-corrected chi connectivity index (χ2v) is 4.20. The molecule has 124 valence electrons. The third kappa shape index (κ3) is 3.27. The average molecular weight is 330 g/mol. The van der Waals surface area contributed by atoms with Gasteiger partial charge in [0, 0.05) is 12.5 Å². The number of rotatable bonds is 6. The van der Waals surface area contributed by atoms with Crippen LogP contribution in [-0.4, -0.2) is 41.1 Å². The number of carbonyl (C=O) groups excluding carboxylic acids is 1. The van der Waals surface area contributed by atoms with Crippen LogP contribution >= 0.6 is 0 Å². The van der Waals surface area contributed by atoms with E-state index >= 15 is 0 Å². The van der Waals surface area contributed by atoms with Gasteiger partial charge in [-0.25, -0.2) is 4.79 Å². The normalized spacial score (nSPS) is 15.6. The van der Waals surface area contributed by atoms with Crippen LogP contribution in [0.25, 0.3) is 0 Å². The van der Waals surface area contributed by atoms with Gasteiger partial charge >= 0.3 is 29.7 Å². The van der Waals surface area contributed by atoms with E-state index in [4.69, 9.17) is 5.11 Å². The SMILES string of the molecule is C=C(C)C(=O)OC(O)C(F)(F)C(F)(F)C(F)(F)C(C)(F)F. The molecular formula is C10H10F8O3. The summed E-state index contributed by atoms with van der Waals surface area (Å²) in [6.07, 6.45) is -4.08. The van der Waals surface area contributed by atoms with Crippen LogP contribution in [0.15, 0.2) is 12.2 Å². The second-order valence-electron chi connectivity index (χ2n) is 4.20. The fraction of sp³-hybridized carbons (Fsp3) is 0.700. The van der Waals surface area contributed by atoms with Gasteiger partial charge in [0.1, 0.15) is 0 Å². The monoisotopic (exact) mass is 330 g/mol. The van der Waals surface area contributed by atoms with E-state index in [1.807, 2.05) is 0 Å². The standard InChI is InChI=1S/C10H10F8O3/c1-4(2)5(19)21-6(20)8(13,14)10(17,18)9(15,16)7(3,11)12/h6,20H,1H2,2-3H3. The van der Waals surface area contributed by atoms with Crippen LogP contribution in [0.5, 0.6) is 0 Å². The molecule has 11 heteroatoms. The quantitative estimate of drug-likeness (QED) is 0.352. The van der Waals surface area contributed by atoms with Gasteiger partial charge in [0.05, 0.1) is 0 Å². The van der Waals surface area contributed by atoms with Crippen LogP contribution in [0.4, 0.5) is 35.1 Å². The van der Waals surface area contributed by atoms with Gasteiger partial charge in [-0.3, -0.25) is 0 Å². The van der Waals surface area contributed by atoms with Crippen LogP contribution < -0.4 is 0 Å². The molecule has 1 N–H and O–H groups in total. The molecule has 0 spiro atoms. The first-order valence-electron chi connectivity index (χ1n) is 5.06. The average Bonchev–Trinajstić information content (AvgIpc) is 2.26. The lowest BCUT2D eigenvalue weighted by atomic mass is 9.99. The van der Waals surface area contributed by atoms with Crippen molar-refractivity contribution in [3.05, 3.63) is 12.2 Å². The Morgan fingerprint density at radius 1 is 1.05 bits per heavy atom. The molecule has 0 heterocycles. The number of ether oxygens (including phenoxy) is 1. The molecule has 1 unspecified atom stereocenters. The largest absolute Gasteiger partial charge is 0.426 e. The highest BCUT2D eigenvalue weighted by Gasteiger charge is 2.81. The van der Waals surface area contributed by atoms with Crippen molar-refractivity contribution in [2.45, 2.75) is 43.8 Å². The van der Waals surface area contributed by atoms with E-state index in [9.17, 15) is 39.9 Å². The third-order valence-electron chi connectivity index (χ3n) is 2.24. The van der Waals surface area contributed by atoms with Crippen LogP contribution in [0.1, 0.15) is 13.8 Å². The first-order chi connectivity index (χ1) is 9.00. The van der Waals surface area contributed by atoms with Crippen molar-refractivity contribution in [2.24, 2.45) is 0 Å². The lowest BCUT2D eigenvalue weighted by Crippen LogP contribution is -2.65. The molecule has 0 radical (unpaired) electrons. The molecule has 0 aromatic heterocycles. The molecule has 1 atom stereocenters. The Balaban J connectivity index is 5.57. The van der Waals surface area contributed by atoms with E-state index in [2.05, 4.69) is 11.3 Å². The molecule has 3 nitrogen and oxygen atoms in total. The predicted molar refractivity (Wildman–Crippen MR) is 52.4 cm³/mol. The molecule has 0 aliphatic heterocycles. The summed E-state index contributed by atoms with van der Waals surface area (Å²) in [6.45, 7) is 3.02. The van der Waals surface area contributed by atoms with Crippen LogP contribution in [0.3, 0.4) is 0 Å². The molecule has 0 rings (SSSR count). The number of halogens is 8. The van der Waals surface area contributed by atoms with E-state index in [0.717, 1.165) is 6.92 Å². The van der Waals surface area contributed by atoms with Crippen molar-refractivity contribution in [3.63, 3.8) is 0 Å². The maximum absolute atomic E-state index is 13.1. The predicted octanol–water partition coefficient (Wildman–Crippen LogP) is 2.99. The molecule has 21 heavy (non-hydrogen) atoms. The summed E-state index contributed by atoms with van der Waals surface area (Å²) in [5.74, 6) is -26.7. The number of aliphatic hydroxyl groups is 1. The molecule has 0 saturated heterocycles. The van der Waals surface area contributed by atoms with Crippen molar-refractivity contribution in [2.75, 3.05) is 0 Å². The molecule has 0 saturated carbocycles. The number of aliphatic hydroxyl groups excluding tert-OH is 1. The Bertz CT molecular complexity index is 427. The van der Waals surface area contributed by atoms with Crippen LogP contribution in [0, 0.1) is 0 Å². The first kappa shape index (κ1) is 19.6. The van der Waals surface area contributed by atoms with Gasteiger partial charge in [0.2, 0.25) is 0 Å². The van der Waals surface area contributed by atoms with Gasteiger partial charge in [0.25, 0.3) is 6.29 Å². The number of hydrogen-bond donors (Lipinski definition) is 1. The van der Waals surface area contributed by atoms with Crippen LogP contribution in [0.2, 0.25) is 0 Å². The number of esters is 1. The molecule has 0 aromatic rings. The Morgan fingerprint density at radius 2 is 1.43 bits per heavy atom. The minimum atomic E-state index is -6.70. The van der Waals surface area contributed by atoms with Crippen molar-refractivity contribution in [1.82, 2.24) is 0 Å². The van der Waals surface area contributed by atoms with Gasteiger partial charge in [-0.1, -0.05) is 6.58 Å². The Morgan fingerprint density at radius 3 is 1.71 bits per heavy atom. The van der Waals surface area contributed by atoms with Gasteiger partial charge in [-0.05, 0) is 6.92 Å². The summed E-state index contributed by atoms with van der Waals surface area (Å²) in [4.78, 5) is 10.8. The fourth-order valence-electron chi connectivity index (χ4n) is 0.916. The van der Waals surface area contributed by atoms with Gasteiger partial charge < -0.3 is 9.84 Å². The summed E-state index contributed by atoms with van der Waals surface area (Å²) in [6, 6.07) is 0. The minimum absolute atomic E-state index is 0.624. The van der Waals surface area contributed by atoms with Gasteiger partial charge in [-0.2, -0.15) is 35.1 Å². The van der Waals surface area contributed by atoms with Gasteiger partial charge in [-0.15, -0.1) is 0 Å². The van der Waals surface area contributed by atoms with Crippen molar-refractivity contribution < 1.29 is 49.8 Å². The van der Waals surface area contributed by atoms with Crippen molar-refractivity contribution in [1.29, 1.82) is 0 Å². The summed E-state index contributed by atoms with van der Waals surface area (Å²) in [5, 5.41) is 8.67. The lowest BCUT2D eigenvalue weighted by molar-refractivity contribution is -0.394. The summed E-state index contributed by atoms with van der Waals surface area (Å²) >= 11 is 0. The molecule has 0 amide bonds. The zero-order valence-corrected chi connectivity index (χ0v) is 10.6. The second kappa shape index (κ2) is 5.43. The highest BCUT2D eigenvalue weighted by Crippen LogP contribution is 2.53.